The third-order valence-corrected chi connectivity index (χ3v) is 12.2. The van der Waals surface area contributed by atoms with E-state index >= 15 is 4.79 Å². The number of anilines is 1. The Hall–Kier alpha value is -5.78. The first-order chi connectivity index (χ1) is 27.6. The quantitative estimate of drug-likeness (QED) is 0.132. The van der Waals surface area contributed by atoms with Gasteiger partial charge in [-0.15, -0.1) is 0 Å². The van der Waals surface area contributed by atoms with Crippen LogP contribution in [0.25, 0.3) is 32.9 Å². The summed E-state index contributed by atoms with van der Waals surface area (Å²) in [5.74, 6) is -0.765. The van der Waals surface area contributed by atoms with Gasteiger partial charge in [0.15, 0.2) is 0 Å². The highest BCUT2D eigenvalue weighted by Gasteiger charge is 2.38. The number of hydrogen-bond acceptors (Lipinski definition) is 6. The van der Waals surface area contributed by atoms with Gasteiger partial charge in [0.25, 0.3) is 5.91 Å². The fourth-order valence-electron chi connectivity index (χ4n) is 8.71. The molecule has 1 amide bonds. The van der Waals surface area contributed by atoms with Gasteiger partial charge >= 0.3 is 5.97 Å². The molecule has 0 unspecified atom stereocenters. The molecule has 1 atom stereocenters. The minimum absolute atomic E-state index is 0.0186. The van der Waals surface area contributed by atoms with Crippen molar-refractivity contribution in [1.29, 1.82) is 0 Å². The topological polar surface area (TPSA) is 128 Å². The highest BCUT2D eigenvalue weighted by Crippen LogP contribution is 2.46. The van der Waals surface area contributed by atoms with E-state index in [1.165, 1.54) is 12.1 Å². The Kier molecular flexibility index (Phi) is 10.0. The van der Waals surface area contributed by atoms with Gasteiger partial charge in [-0.2, -0.15) is 5.10 Å². The average molecular weight is 820 g/mol. The van der Waals surface area contributed by atoms with E-state index in [1.54, 1.807) is 15.5 Å². The van der Waals surface area contributed by atoms with Gasteiger partial charge in [-0.05, 0) is 114 Å². The molecule has 58 heavy (non-hydrogen) atoms. The minimum atomic E-state index is -1.13. The molecule has 0 aliphatic carbocycles. The van der Waals surface area contributed by atoms with Gasteiger partial charge < -0.3 is 29.0 Å². The zero-order valence-electron chi connectivity index (χ0n) is 33.4. The van der Waals surface area contributed by atoms with Crippen molar-refractivity contribution in [3.05, 3.63) is 122 Å². The van der Waals surface area contributed by atoms with E-state index in [4.69, 9.17) is 33.0 Å². The fourth-order valence-corrected chi connectivity index (χ4v) is 9.07. The molecule has 0 spiro atoms. The van der Waals surface area contributed by atoms with Gasteiger partial charge in [-0.25, -0.2) is 4.79 Å². The number of phenols is 1. The summed E-state index contributed by atoms with van der Waals surface area (Å²) in [7, 11) is 1.91. The molecule has 3 aromatic carbocycles. The number of pyridine rings is 1. The number of carbonyl (C=O) groups excluding carboxylic acids is 1. The Bertz CT molecular complexity index is 2810. The zero-order valence-corrected chi connectivity index (χ0v) is 35.0. The van der Waals surface area contributed by atoms with E-state index in [0.717, 1.165) is 61.6 Å². The monoisotopic (exact) mass is 818 g/mol. The molecule has 7 aromatic rings. The van der Waals surface area contributed by atoms with Crippen LogP contribution in [0.3, 0.4) is 0 Å². The summed E-state index contributed by atoms with van der Waals surface area (Å²) >= 11 is 13.6. The van der Waals surface area contributed by atoms with Gasteiger partial charge in [0.1, 0.15) is 22.9 Å². The number of carboxylic acid groups (broad SMARTS) is 1. The summed E-state index contributed by atoms with van der Waals surface area (Å²) in [5.41, 5.74) is 9.98. The summed E-state index contributed by atoms with van der Waals surface area (Å²) in [5, 5.41) is 28.9. The van der Waals surface area contributed by atoms with Crippen LogP contribution < -0.4 is 9.64 Å². The van der Waals surface area contributed by atoms with Crippen LogP contribution in [0.5, 0.6) is 11.5 Å². The number of halogens is 2. The Morgan fingerprint density at radius 1 is 0.966 bits per heavy atom. The number of ether oxygens (including phenoxy) is 1. The lowest BCUT2D eigenvalue weighted by Gasteiger charge is -2.35. The molecular formula is C45H44Cl2N6O5. The van der Waals surface area contributed by atoms with Crippen molar-refractivity contribution >= 4 is 62.6 Å². The summed E-state index contributed by atoms with van der Waals surface area (Å²) in [4.78, 5) is 34.4. The molecule has 0 bridgehead atoms. The maximum Gasteiger partial charge on any atom is 0.352 e. The first-order valence-electron chi connectivity index (χ1n) is 19.2. The summed E-state index contributed by atoms with van der Waals surface area (Å²) in [6.45, 7) is 12.6. The summed E-state index contributed by atoms with van der Waals surface area (Å²) in [6.07, 6.45) is 1.11. The third kappa shape index (κ3) is 6.56. The largest absolute Gasteiger partial charge is 0.508 e. The maximum atomic E-state index is 15.4. The third-order valence-electron chi connectivity index (χ3n) is 11.3. The number of hydrogen-bond donors (Lipinski definition) is 2. The molecule has 11 nitrogen and oxygen atoms in total. The van der Waals surface area contributed by atoms with Gasteiger partial charge in [0.2, 0.25) is 0 Å². The number of benzene rings is 3. The van der Waals surface area contributed by atoms with Crippen LogP contribution in [-0.4, -0.2) is 59.1 Å². The molecule has 5 heterocycles. The van der Waals surface area contributed by atoms with E-state index in [-0.39, 0.29) is 36.5 Å². The lowest BCUT2D eigenvalue weighted by molar-refractivity contribution is 0.0686. The number of aromatic nitrogens is 5. The first-order valence-corrected chi connectivity index (χ1v) is 20.0. The van der Waals surface area contributed by atoms with Crippen molar-refractivity contribution in [2.75, 3.05) is 18.1 Å². The number of amides is 1. The van der Waals surface area contributed by atoms with E-state index in [0.29, 0.717) is 57.5 Å². The molecule has 8 rings (SSSR count). The lowest BCUT2D eigenvalue weighted by atomic mass is 9.98. The maximum absolute atomic E-state index is 15.4. The van der Waals surface area contributed by atoms with Crippen LogP contribution in [0.4, 0.5) is 5.69 Å². The second-order valence-electron chi connectivity index (χ2n) is 15.4. The van der Waals surface area contributed by atoms with Crippen molar-refractivity contribution < 1.29 is 24.5 Å². The molecule has 0 saturated carbocycles. The van der Waals surface area contributed by atoms with Crippen molar-refractivity contribution in [1.82, 2.24) is 23.9 Å². The Morgan fingerprint density at radius 2 is 1.71 bits per heavy atom. The number of aryl methyl sites for hydroxylation is 6. The number of nitrogens with zero attached hydrogens (tertiary/aromatic N) is 6. The van der Waals surface area contributed by atoms with E-state index in [9.17, 15) is 15.0 Å². The fraction of sp³-hybridized carbons (Fsp3) is 0.289. The molecule has 0 saturated heterocycles. The number of phenolic OH excluding ortho intramolecular Hbond substituents is 1. The molecule has 298 valence electrons. The number of aromatic carboxylic acids is 1. The van der Waals surface area contributed by atoms with E-state index in [2.05, 4.69) is 16.5 Å². The Morgan fingerprint density at radius 3 is 2.38 bits per heavy atom. The molecule has 4 aromatic heterocycles. The number of carbonyl (C=O) groups is 2. The van der Waals surface area contributed by atoms with Crippen LogP contribution in [-0.2, 0) is 20.0 Å². The number of carboxylic acids is 1. The first kappa shape index (κ1) is 39.1. The predicted octanol–water partition coefficient (Wildman–Crippen LogP) is 9.93. The molecule has 0 fully saturated rings. The van der Waals surface area contributed by atoms with Gasteiger partial charge in [-0.1, -0.05) is 35.3 Å². The van der Waals surface area contributed by atoms with Crippen molar-refractivity contribution in [2.24, 2.45) is 7.05 Å². The van der Waals surface area contributed by atoms with Crippen LogP contribution >= 0.6 is 23.2 Å². The normalized spacial score (nSPS) is 14.2. The van der Waals surface area contributed by atoms with Crippen LogP contribution in [0.1, 0.15) is 79.8 Å². The second-order valence-corrected chi connectivity index (χ2v) is 16.2. The molecular weight excluding hydrogens is 775 g/mol. The molecule has 0 radical (unpaired) electrons. The zero-order chi connectivity index (χ0) is 41.3. The summed E-state index contributed by atoms with van der Waals surface area (Å²) < 4.78 is 11.9. The molecule has 1 aliphatic heterocycles. The van der Waals surface area contributed by atoms with Crippen molar-refractivity contribution in [3.63, 3.8) is 0 Å². The molecule has 13 heteroatoms. The Balaban J connectivity index is 1.30. The summed E-state index contributed by atoms with van der Waals surface area (Å²) in [6, 6.07) is 17.7. The van der Waals surface area contributed by atoms with Crippen molar-refractivity contribution in [3.8, 4) is 22.6 Å². The lowest BCUT2D eigenvalue weighted by Crippen LogP contribution is -2.43. The van der Waals surface area contributed by atoms with Crippen LogP contribution in [0.2, 0.25) is 10.0 Å². The van der Waals surface area contributed by atoms with E-state index < -0.39 is 5.97 Å². The highest BCUT2D eigenvalue weighted by molar-refractivity contribution is 6.35. The average Bonchev–Trinajstić information content (AvgIpc) is 3.78. The smallest absolute Gasteiger partial charge is 0.352 e. The standard InChI is InChI=1S/C45H44Cl2N6O5/c1-23-16-32(17-24(2)40(23)47)58-15-9-12-33-34-13-14-35(46)39(38-27(5)49-50(7)28(38)6)42(34)53-26(4)21-52(44(55)43(33)53)36-20-31(54)18-29-19-37(45(56)57)51(41(29)36)22-30-11-8-10-25(3)48-30/h8,10-11,13-14,16-20,26,54H,9,12,15,21-22H2,1-7H3,(H,56,57)/t26-/m1/s1. The number of aromatic hydroxyl groups is 1. The predicted molar refractivity (Wildman–Crippen MR) is 228 cm³/mol. The molecule has 1 aliphatic rings. The SMILES string of the molecule is Cc1cccc(Cn2c(C(=O)O)cc3cc(O)cc(N4C[C@@H](C)n5c(c(CCCOc6cc(C)c(Cl)c(C)c6)c6ccc(Cl)c(-c7c(C)nn(C)c7C)c65)C4=O)c32)n1. The minimum Gasteiger partial charge on any atom is -0.508 e. The van der Waals surface area contributed by atoms with Crippen molar-refractivity contribution in [2.45, 2.75) is 67.0 Å². The van der Waals surface area contributed by atoms with E-state index in [1.807, 2.05) is 88.8 Å². The van der Waals surface area contributed by atoms with Crippen LogP contribution in [0.15, 0.2) is 60.7 Å². The Labute approximate surface area is 346 Å². The number of rotatable bonds is 10. The molecule has 2 N–H and O–H groups in total. The second kappa shape index (κ2) is 14.9. The highest BCUT2D eigenvalue weighted by atomic mass is 35.5. The van der Waals surface area contributed by atoms with Gasteiger partial charge in [-0.3, -0.25) is 14.5 Å². The number of fused-ring (bicyclic) bond motifs is 4. The van der Waals surface area contributed by atoms with Crippen LogP contribution in [0, 0.1) is 34.6 Å². The van der Waals surface area contributed by atoms with Gasteiger partial charge in [0, 0.05) is 64.0 Å². The van der Waals surface area contributed by atoms with Gasteiger partial charge in [0.05, 0.1) is 46.3 Å².